The SMILES string of the molecule is CCC[C@@H](N[C@@H](C)C(=O)N1[C@@H](C(=O)O)C[C@H]2CCCC[C@H]21)C(=O)O. The summed E-state index contributed by atoms with van der Waals surface area (Å²) >= 11 is 0. The number of amides is 1. The zero-order valence-electron chi connectivity index (χ0n) is 14.4. The molecule has 1 aliphatic heterocycles. The van der Waals surface area contributed by atoms with Gasteiger partial charge < -0.3 is 15.1 Å². The summed E-state index contributed by atoms with van der Waals surface area (Å²) in [5.74, 6) is -1.99. The van der Waals surface area contributed by atoms with Crippen molar-refractivity contribution in [3.8, 4) is 0 Å². The van der Waals surface area contributed by atoms with Gasteiger partial charge >= 0.3 is 11.9 Å². The number of likely N-dealkylation sites (tertiary alicyclic amines) is 1. The normalized spacial score (nSPS) is 28.9. The monoisotopic (exact) mass is 340 g/mol. The minimum absolute atomic E-state index is 0.0222. The maximum absolute atomic E-state index is 12.9. The Morgan fingerprint density at radius 1 is 1.21 bits per heavy atom. The molecule has 7 nitrogen and oxygen atoms in total. The lowest BCUT2D eigenvalue weighted by Gasteiger charge is -2.35. The number of hydrogen-bond acceptors (Lipinski definition) is 4. The Bertz CT molecular complexity index is 495. The molecule has 7 heteroatoms. The van der Waals surface area contributed by atoms with Gasteiger partial charge in [0.1, 0.15) is 12.1 Å². The molecule has 24 heavy (non-hydrogen) atoms. The summed E-state index contributed by atoms with van der Waals surface area (Å²) in [7, 11) is 0. The van der Waals surface area contributed by atoms with E-state index in [2.05, 4.69) is 5.32 Å². The molecule has 0 aromatic carbocycles. The molecule has 1 saturated carbocycles. The van der Waals surface area contributed by atoms with Crippen molar-refractivity contribution in [2.75, 3.05) is 0 Å². The number of hydrogen-bond donors (Lipinski definition) is 3. The van der Waals surface area contributed by atoms with Gasteiger partial charge in [-0.25, -0.2) is 4.79 Å². The second kappa shape index (κ2) is 7.96. The molecule has 0 unspecified atom stereocenters. The Kier molecular flexibility index (Phi) is 6.21. The summed E-state index contributed by atoms with van der Waals surface area (Å²) in [6.07, 6.45) is 5.53. The molecule has 3 N–H and O–H groups in total. The van der Waals surface area contributed by atoms with Crippen molar-refractivity contribution in [3.63, 3.8) is 0 Å². The van der Waals surface area contributed by atoms with Crippen molar-refractivity contribution in [1.82, 2.24) is 10.2 Å². The van der Waals surface area contributed by atoms with Crippen LogP contribution < -0.4 is 5.32 Å². The second-order valence-electron chi connectivity index (χ2n) is 7.01. The molecular weight excluding hydrogens is 312 g/mol. The molecule has 0 bridgehead atoms. The van der Waals surface area contributed by atoms with E-state index >= 15 is 0 Å². The smallest absolute Gasteiger partial charge is 0.326 e. The van der Waals surface area contributed by atoms with Crippen LogP contribution in [0.3, 0.4) is 0 Å². The van der Waals surface area contributed by atoms with E-state index in [1.807, 2.05) is 6.92 Å². The Morgan fingerprint density at radius 3 is 2.46 bits per heavy atom. The molecule has 2 rings (SSSR count). The summed E-state index contributed by atoms with van der Waals surface area (Å²) in [5, 5.41) is 21.6. The first kappa shape index (κ1) is 18.7. The molecule has 2 aliphatic rings. The topological polar surface area (TPSA) is 107 Å². The van der Waals surface area contributed by atoms with Crippen LogP contribution >= 0.6 is 0 Å². The van der Waals surface area contributed by atoms with E-state index in [0.29, 0.717) is 19.3 Å². The Morgan fingerprint density at radius 2 is 1.88 bits per heavy atom. The largest absolute Gasteiger partial charge is 0.480 e. The van der Waals surface area contributed by atoms with Crippen molar-refractivity contribution in [1.29, 1.82) is 0 Å². The van der Waals surface area contributed by atoms with Crippen molar-refractivity contribution >= 4 is 17.8 Å². The van der Waals surface area contributed by atoms with Gasteiger partial charge in [0.25, 0.3) is 0 Å². The third kappa shape index (κ3) is 3.88. The van der Waals surface area contributed by atoms with E-state index in [4.69, 9.17) is 0 Å². The van der Waals surface area contributed by atoms with Crippen molar-refractivity contribution in [2.45, 2.75) is 83.0 Å². The van der Waals surface area contributed by atoms with Gasteiger partial charge in [0.2, 0.25) is 5.91 Å². The first-order valence-electron chi connectivity index (χ1n) is 8.90. The van der Waals surface area contributed by atoms with E-state index in [1.165, 1.54) is 4.90 Å². The number of carboxylic acid groups (broad SMARTS) is 2. The molecule has 1 aliphatic carbocycles. The maximum atomic E-state index is 12.9. The van der Waals surface area contributed by atoms with E-state index in [1.54, 1.807) is 6.92 Å². The molecule has 0 spiro atoms. The zero-order chi connectivity index (χ0) is 17.9. The molecule has 2 fully saturated rings. The average molecular weight is 340 g/mol. The molecule has 0 aromatic heterocycles. The van der Waals surface area contributed by atoms with Crippen LogP contribution in [0, 0.1) is 5.92 Å². The molecule has 1 saturated heterocycles. The number of fused-ring (bicyclic) bond motifs is 1. The highest BCUT2D eigenvalue weighted by molar-refractivity contribution is 5.88. The Hall–Kier alpha value is -1.63. The first-order chi connectivity index (χ1) is 11.4. The maximum Gasteiger partial charge on any atom is 0.326 e. The molecular formula is C17H28N2O5. The van der Waals surface area contributed by atoms with Gasteiger partial charge in [-0.2, -0.15) is 0 Å². The predicted octanol–water partition coefficient (Wildman–Crippen LogP) is 1.46. The van der Waals surface area contributed by atoms with Gasteiger partial charge in [-0.15, -0.1) is 0 Å². The van der Waals surface area contributed by atoms with Crippen molar-refractivity contribution in [3.05, 3.63) is 0 Å². The molecule has 5 atom stereocenters. The van der Waals surface area contributed by atoms with Crippen LogP contribution in [-0.2, 0) is 14.4 Å². The lowest BCUT2D eigenvalue weighted by molar-refractivity contribution is -0.151. The fourth-order valence-corrected chi connectivity index (χ4v) is 4.16. The molecule has 0 radical (unpaired) electrons. The van der Waals surface area contributed by atoms with Crippen molar-refractivity contribution in [2.24, 2.45) is 5.92 Å². The highest BCUT2D eigenvalue weighted by atomic mass is 16.4. The van der Waals surface area contributed by atoms with Gasteiger partial charge in [0, 0.05) is 6.04 Å². The molecule has 0 aromatic rings. The zero-order valence-corrected chi connectivity index (χ0v) is 14.4. The summed E-state index contributed by atoms with van der Waals surface area (Å²) in [5.41, 5.74) is 0. The second-order valence-corrected chi connectivity index (χ2v) is 7.01. The van der Waals surface area contributed by atoms with Crippen LogP contribution in [-0.4, -0.2) is 57.1 Å². The Balaban J connectivity index is 2.12. The first-order valence-corrected chi connectivity index (χ1v) is 8.90. The number of nitrogens with one attached hydrogen (secondary N) is 1. The van der Waals surface area contributed by atoms with Gasteiger partial charge in [0.05, 0.1) is 6.04 Å². The fourth-order valence-electron chi connectivity index (χ4n) is 4.16. The predicted molar refractivity (Wildman–Crippen MR) is 87.6 cm³/mol. The lowest BCUT2D eigenvalue weighted by atomic mass is 9.84. The third-order valence-electron chi connectivity index (χ3n) is 5.32. The van der Waals surface area contributed by atoms with Gasteiger partial charge in [0.15, 0.2) is 0 Å². The quantitative estimate of drug-likeness (QED) is 0.648. The highest BCUT2D eigenvalue weighted by Crippen LogP contribution is 2.40. The summed E-state index contributed by atoms with van der Waals surface area (Å²) in [6, 6.07) is -2.31. The number of nitrogens with zero attached hydrogens (tertiary/aromatic N) is 1. The minimum Gasteiger partial charge on any atom is -0.480 e. The fraction of sp³-hybridized carbons (Fsp3) is 0.824. The number of aliphatic carboxylic acids is 2. The molecule has 1 amide bonds. The molecule has 1 heterocycles. The van der Waals surface area contributed by atoms with Gasteiger partial charge in [-0.05, 0) is 38.5 Å². The number of carbonyl (C=O) groups is 3. The Labute approximate surface area is 142 Å². The van der Waals surface area contributed by atoms with E-state index < -0.39 is 30.1 Å². The van der Waals surface area contributed by atoms with E-state index in [9.17, 15) is 24.6 Å². The van der Waals surface area contributed by atoms with Crippen LogP contribution in [0.4, 0.5) is 0 Å². The summed E-state index contributed by atoms with van der Waals surface area (Å²) < 4.78 is 0. The van der Waals surface area contributed by atoms with Crippen LogP contribution in [0.5, 0.6) is 0 Å². The summed E-state index contributed by atoms with van der Waals surface area (Å²) in [6.45, 7) is 3.51. The standard InChI is InChI=1S/C17H28N2O5/c1-3-6-12(16(21)22)18-10(2)15(20)19-13-8-5-4-7-11(13)9-14(19)17(23)24/h10-14,18H,3-9H2,1-2H3,(H,21,22)(H,23,24)/t10-,11+,12+,13+,14+/m0/s1. The number of carboxylic acids is 2. The van der Waals surface area contributed by atoms with Gasteiger partial charge in [-0.3, -0.25) is 14.9 Å². The third-order valence-corrected chi connectivity index (χ3v) is 5.32. The number of rotatable bonds is 7. The van der Waals surface area contributed by atoms with Crippen LogP contribution in [0.1, 0.15) is 58.8 Å². The van der Waals surface area contributed by atoms with Crippen LogP contribution in [0.15, 0.2) is 0 Å². The highest BCUT2D eigenvalue weighted by Gasteiger charge is 2.48. The average Bonchev–Trinajstić information content (AvgIpc) is 2.93. The lowest BCUT2D eigenvalue weighted by Crippen LogP contribution is -2.55. The minimum atomic E-state index is -0.983. The molecule has 136 valence electrons. The van der Waals surface area contributed by atoms with E-state index in [-0.39, 0.29) is 17.9 Å². The van der Waals surface area contributed by atoms with Crippen LogP contribution in [0.2, 0.25) is 0 Å². The van der Waals surface area contributed by atoms with Crippen molar-refractivity contribution < 1.29 is 24.6 Å². The summed E-state index contributed by atoms with van der Waals surface area (Å²) in [4.78, 5) is 37.3. The van der Waals surface area contributed by atoms with Gasteiger partial charge in [-0.1, -0.05) is 26.2 Å². The van der Waals surface area contributed by atoms with Crippen LogP contribution in [0.25, 0.3) is 0 Å². The van der Waals surface area contributed by atoms with E-state index in [0.717, 1.165) is 25.7 Å². The number of carbonyl (C=O) groups excluding carboxylic acids is 1.